The summed E-state index contributed by atoms with van der Waals surface area (Å²) in [6, 6.07) is 9.67. The molecule has 1 aliphatic rings. The van der Waals surface area contributed by atoms with Gasteiger partial charge in [0.1, 0.15) is 4.75 Å². The lowest BCUT2D eigenvalue weighted by Gasteiger charge is -2.33. The van der Waals surface area contributed by atoms with Gasteiger partial charge in [0.25, 0.3) is 0 Å². The van der Waals surface area contributed by atoms with Gasteiger partial charge in [0.2, 0.25) is 12.3 Å². The number of hydrogen-bond donors (Lipinski definition) is 0. The molecule has 33 heavy (non-hydrogen) atoms. The topological polar surface area (TPSA) is 54.5 Å². The van der Waals surface area contributed by atoms with Crippen LogP contribution < -0.4 is 4.90 Å². The molecule has 2 aromatic carbocycles. The number of amides is 1. The molecule has 0 aromatic heterocycles. The van der Waals surface area contributed by atoms with Crippen LogP contribution in [-0.4, -0.2) is 26.8 Å². The fraction of sp³-hybridized carbons (Fsp3) is 0.458. The van der Waals surface area contributed by atoms with Crippen LogP contribution in [0.3, 0.4) is 0 Å². The first-order valence-electron chi connectivity index (χ1n) is 10.6. The number of carbonyl (C=O) groups is 1. The molecule has 0 saturated heterocycles. The van der Waals surface area contributed by atoms with Crippen LogP contribution in [0, 0.1) is 11.3 Å². The zero-order valence-electron chi connectivity index (χ0n) is 19.1. The van der Waals surface area contributed by atoms with Crippen LogP contribution in [0.4, 0.5) is 14.5 Å². The smallest absolute Gasteiger partial charge is 0.243 e. The van der Waals surface area contributed by atoms with E-state index in [2.05, 4.69) is 0 Å². The van der Waals surface area contributed by atoms with Crippen LogP contribution in [0.15, 0.2) is 47.4 Å². The average Bonchev–Trinajstić information content (AvgIpc) is 3.47. The number of anilines is 1. The van der Waals surface area contributed by atoms with Crippen molar-refractivity contribution in [3.8, 4) is 0 Å². The second-order valence-electron chi connectivity index (χ2n) is 9.68. The molecule has 9 heteroatoms. The van der Waals surface area contributed by atoms with Crippen molar-refractivity contribution in [1.82, 2.24) is 0 Å². The van der Waals surface area contributed by atoms with Crippen molar-refractivity contribution in [2.75, 3.05) is 4.90 Å². The number of halogens is 4. The Bertz CT molecular complexity index is 1160. The zero-order valence-corrected chi connectivity index (χ0v) is 21.4. The summed E-state index contributed by atoms with van der Waals surface area (Å²) in [5, 5.41) is 0.471. The van der Waals surface area contributed by atoms with Crippen LogP contribution in [-0.2, 0) is 19.4 Å². The van der Waals surface area contributed by atoms with Gasteiger partial charge in [0.05, 0.1) is 15.6 Å². The predicted octanol–water partition coefficient (Wildman–Crippen LogP) is 6.74. The Morgan fingerprint density at radius 2 is 1.67 bits per heavy atom. The Morgan fingerprint density at radius 1 is 1.09 bits per heavy atom. The maximum Gasteiger partial charge on any atom is 0.243 e. The maximum absolute atomic E-state index is 13.8. The predicted molar refractivity (Wildman–Crippen MR) is 128 cm³/mol. The zero-order chi connectivity index (χ0) is 24.9. The van der Waals surface area contributed by atoms with Gasteiger partial charge in [-0.25, -0.2) is 17.2 Å². The first kappa shape index (κ1) is 25.9. The molecular formula is C24H27Cl2F2NO3S. The number of sulfone groups is 1. The van der Waals surface area contributed by atoms with E-state index in [0.717, 1.165) is 0 Å². The van der Waals surface area contributed by atoms with E-state index in [0.29, 0.717) is 10.7 Å². The van der Waals surface area contributed by atoms with Gasteiger partial charge in [0, 0.05) is 22.4 Å². The minimum Gasteiger partial charge on any atom is -0.308 e. The average molecular weight is 518 g/mol. The molecule has 2 aromatic rings. The van der Waals surface area contributed by atoms with Gasteiger partial charge < -0.3 is 4.90 Å². The molecule has 0 spiro atoms. The van der Waals surface area contributed by atoms with Gasteiger partial charge in [-0.3, -0.25) is 4.79 Å². The molecule has 1 aliphatic carbocycles. The lowest BCUT2D eigenvalue weighted by atomic mass is 9.93. The molecule has 0 heterocycles. The highest BCUT2D eigenvalue weighted by molar-refractivity contribution is 7.92. The molecule has 180 valence electrons. The van der Waals surface area contributed by atoms with Gasteiger partial charge in [-0.1, -0.05) is 50.0 Å². The standard InChI is InChI=1S/C24H27Cl2F2NO3S/c1-14(2)29(22(30)23(3,4)5)20-11-6-15(12-19(20)26)24(13-18(24)21(27)28)33(31,32)17-9-7-16(25)8-10-17/h6-12,14,18,21H,13H2,1-5H3. The highest BCUT2D eigenvalue weighted by atomic mass is 35.5. The van der Waals surface area contributed by atoms with Crippen molar-refractivity contribution in [3.05, 3.63) is 58.1 Å². The first-order valence-corrected chi connectivity index (χ1v) is 12.8. The van der Waals surface area contributed by atoms with Crippen LogP contribution >= 0.6 is 23.2 Å². The highest BCUT2D eigenvalue weighted by Crippen LogP contribution is 2.63. The van der Waals surface area contributed by atoms with E-state index in [1.807, 2.05) is 13.8 Å². The van der Waals surface area contributed by atoms with Gasteiger partial charge in [-0.15, -0.1) is 0 Å². The van der Waals surface area contributed by atoms with Crippen molar-refractivity contribution in [2.45, 2.75) is 63.1 Å². The van der Waals surface area contributed by atoms with Crippen LogP contribution in [0.1, 0.15) is 46.6 Å². The number of hydrogen-bond acceptors (Lipinski definition) is 3. The Kier molecular flexibility index (Phi) is 6.93. The minimum atomic E-state index is -4.18. The van der Waals surface area contributed by atoms with Crippen molar-refractivity contribution in [1.29, 1.82) is 0 Å². The Morgan fingerprint density at radius 3 is 2.09 bits per heavy atom. The Labute approximate surface area is 203 Å². The monoisotopic (exact) mass is 517 g/mol. The van der Waals surface area contributed by atoms with E-state index in [1.54, 1.807) is 31.7 Å². The molecule has 1 amide bonds. The number of carbonyl (C=O) groups excluding carboxylic acids is 1. The minimum absolute atomic E-state index is 0.0815. The van der Waals surface area contributed by atoms with Crippen molar-refractivity contribution < 1.29 is 22.0 Å². The first-order chi connectivity index (χ1) is 15.1. The summed E-state index contributed by atoms with van der Waals surface area (Å²) in [6.07, 6.45) is -3.04. The van der Waals surface area contributed by atoms with E-state index >= 15 is 0 Å². The molecule has 1 fully saturated rings. The van der Waals surface area contributed by atoms with Gasteiger partial charge in [-0.05, 0) is 62.2 Å². The highest BCUT2D eigenvalue weighted by Gasteiger charge is 2.68. The van der Waals surface area contributed by atoms with E-state index in [4.69, 9.17) is 23.2 Å². The number of rotatable bonds is 6. The van der Waals surface area contributed by atoms with Crippen molar-refractivity contribution >= 4 is 44.6 Å². The molecule has 3 rings (SSSR count). The fourth-order valence-electron chi connectivity index (χ4n) is 4.13. The molecule has 0 N–H and O–H groups in total. The second-order valence-corrected chi connectivity index (χ2v) is 12.7. The quantitative estimate of drug-likeness (QED) is 0.426. The summed E-state index contributed by atoms with van der Waals surface area (Å²) in [6.45, 7) is 9.05. The SMILES string of the molecule is CC(C)N(C(=O)C(C)(C)C)c1ccc(C2(S(=O)(=O)c3ccc(Cl)cc3)CC2C(F)F)cc1Cl. The summed E-state index contributed by atoms with van der Waals surface area (Å²) in [4.78, 5) is 14.5. The van der Waals surface area contributed by atoms with Gasteiger partial charge in [0.15, 0.2) is 9.84 Å². The number of benzene rings is 2. The Balaban J connectivity index is 2.13. The molecule has 0 radical (unpaired) electrons. The van der Waals surface area contributed by atoms with E-state index < -0.39 is 32.3 Å². The normalized spacial score (nSPS) is 20.9. The summed E-state index contributed by atoms with van der Waals surface area (Å²) in [5.41, 5.74) is -0.0880. The molecule has 1 saturated carbocycles. The number of nitrogens with zero attached hydrogens (tertiary/aromatic N) is 1. The summed E-state index contributed by atoms with van der Waals surface area (Å²) < 4.78 is 52.9. The molecule has 2 atom stereocenters. The third-order valence-electron chi connectivity index (χ3n) is 5.94. The fourth-order valence-corrected chi connectivity index (χ4v) is 6.78. The number of alkyl halides is 2. The van der Waals surface area contributed by atoms with Gasteiger partial charge in [-0.2, -0.15) is 0 Å². The molecular weight excluding hydrogens is 491 g/mol. The van der Waals surface area contributed by atoms with E-state index in [-0.39, 0.29) is 33.9 Å². The van der Waals surface area contributed by atoms with Crippen molar-refractivity contribution in [2.24, 2.45) is 11.3 Å². The second kappa shape index (κ2) is 8.82. The molecule has 0 aliphatic heterocycles. The van der Waals surface area contributed by atoms with Crippen molar-refractivity contribution in [3.63, 3.8) is 0 Å². The van der Waals surface area contributed by atoms with E-state index in [9.17, 15) is 22.0 Å². The maximum atomic E-state index is 13.8. The summed E-state index contributed by atoms with van der Waals surface area (Å²) in [7, 11) is -4.18. The summed E-state index contributed by atoms with van der Waals surface area (Å²) >= 11 is 12.4. The van der Waals surface area contributed by atoms with E-state index in [1.165, 1.54) is 36.4 Å². The summed E-state index contributed by atoms with van der Waals surface area (Å²) in [5.74, 6) is -1.52. The third kappa shape index (κ3) is 4.52. The Hall–Kier alpha value is -1.70. The molecule has 4 nitrogen and oxygen atoms in total. The van der Waals surface area contributed by atoms with Crippen LogP contribution in [0.2, 0.25) is 10.0 Å². The van der Waals surface area contributed by atoms with Crippen LogP contribution in [0.25, 0.3) is 0 Å². The molecule has 0 bridgehead atoms. The largest absolute Gasteiger partial charge is 0.308 e. The lowest BCUT2D eigenvalue weighted by Crippen LogP contribution is -2.44. The molecule has 2 unspecified atom stereocenters. The third-order valence-corrected chi connectivity index (χ3v) is 9.05. The van der Waals surface area contributed by atoms with Gasteiger partial charge >= 0.3 is 0 Å². The van der Waals surface area contributed by atoms with Crippen LogP contribution in [0.5, 0.6) is 0 Å². The lowest BCUT2D eigenvalue weighted by molar-refractivity contribution is -0.126.